The standard InChI is InChI=1S/C23H17N5O3S4/c29-21(15-6-5-7-16(12-15)28(30)31)24-25(13-26-17-8-1-3-10-19(17)34-22(26)32)14-27-18-9-2-4-11-20(18)35-23(27)33/h1-12H,13-14H2,(H,24,29). The predicted octanol–water partition coefficient (Wildman–Crippen LogP) is 6.35. The van der Waals surface area contributed by atoms with E-state index in [4.69, 9.17) is 24.4 Å². The van der Waals surface area contributed by atoms with Crippen molar-refractivity contribution >= 4 is 79.1 Å². The smallest absolute Gasteiger partial charge is 0.270 e. The van der Waals surface area contributed by atoms with Gasteiger partial charge in [0.1, 0.15) is 0 Å². The first kappa shape index (κ1) is 23.5. The molecule has 0 saturated carbocycles. The molecule has 0 aliphatic rings. The van der Waals surface area contributed by atoms with Crippen molar-refractivity contribution in [2.45, 2.75) is 13.3 Å². The number of carbonyl (C=O) groups excluding carboxylic acids is 1. The van der Waals surface area contributed by atoms with Crippen LogP contribution in [0.4, 0.5) is 5.69 Å². The lowest BCUT2D eigenvalue weighted by Crippen LogP contribution is -2.44. The molecule has 2 aromatic heterocycles. The van der Waals surface area contributed by atoms with Gasteiger partial charge in [-0.1, -0.05) is 30.3 Å². The Bertz CT molecular complexity index is 1610. The monoisotopic (exact) mass is 539 g/mol. The van der Waals surface area contributed by atoms with Crippen LogP contribution in [0.15, 0.2) is 72.8 Å². The SMILES string of the molecule is O=C(NN(Cn1c(=S)sc2ccccc21)Cn1c(=S)sc2ccccc21)c1cccc([N+](=O)[O-])c1. The minimum absolute atomic E-state index is 0.152. The number of para-hydroxylation sites is 2. The van der Waals surface area contributed by atoms with E-state index in [2.05, 4.69) is 5.43 Å². The lowest BCUT2D eigenvalue weighted by molar-refractivity contribution is -0.384. The number of benzene rings is 3. The number of hydrogen-bond donors (Lipinski definition) is 1. The number of amides is 1. The summed E-state index contributed by atoms with van der Waals surface area (Å²) in [6.45, 7) is 0.519. The summed E-state index contributed by atoms with van der Waals surface area (Å²) >= 11 is 14.2. The van der Waals surface area contributed by atoms with Crippen molar-refractivity contribution in [2.75, 3.05) is 0 Å². The maximum Gasteiger partial charge on any atom is 0.270 e. The minimum Gasteiger partial charge on any atom is -0.308 e. The number of thiazole rings is 2. The van der Waals surface area contributed by atoms with Gasteiger partial charge in [0.2, 0.25) is 0 Å². The summed E-state index contributed by atoms with van der Waals surface area (Å²) in [5, 5.41) is 12.9. The number of hydrogen-bond acceptors (Lipinski definition) is 8. The number of nitro groups is 1. The summed E-state index contributed by atoms with van der Waals surface area (Å²) in [6.07, 6.45) is 0. The van der Waals surface area contributed by atoms with Crippen LogP contribution in [-0.2, 0) is 13.3 Å². The normalized spacial score (nSPS) is 11.3. The van der Waals surface area contributed by atoms with Crippen LogP contribution in [0.5, 0.6) is 0 Å². The minimum atomic E-state index is -0.526. The Hall–Kier alpha value is -3.29. The molecule has 1 amide bonds. The van der Waals surface area contributed by atoms with Crippen LogP contribution in [0.1, 0.15) is 10.4 Å². The molecule has 0 aliphatic heterocycles. The molecule has 0 radical (unpaired) electrons. The fourth-order valence-corrected chi connectivity index (χ4v) is 6.34. The fraction of sp³-hybridized carbons (Fsp3) is 0.0870. The van der Waals surface area contributed by atoms with Gasteiger partial charge in [0, 0.05) is 17.7 Å². The van der Waals surface area contributed by atoms with Crippen molar-refractivity contribution < 1.29 is 9.72 Å². The lowest BCUT2D eigenvalue weighted by Gasteiger charge is -2.25. The zero-order valence-corrected chi connectivity index (χ0v) is 21.3. The van der Waals surface area contributed by atoms with Crippen LogP contribution in [0.2, 0.25) is 0 Å². The molecule has 8 nitrogen and oxygen atoms in total. The number of hydrazine groups is 1. The van der Waals surface area contributed by atoms with Crippen LogP contribution in [0, 0.1) is 18.0 Å². The van der Waals surface area contributed by atoms with E-state index in [1.807, 2.05) is 57.7 Å². The molecule has 35 heavy (non-hydrogen) atoms. The Kier molecular flexibility index (Phi) is 6.54. The van der Waals surface area contributed by atoms with E-state index in [-0.39, 0.29) is 24.6 Å². The second-order valence-corrected chi connectivity index (χ2v) is 11.0. The predicted molar refractivity (Wildman–Crippen MR) is 144 cm³/mol. The highest BCUT2D eigenvalue weighted by Crippen LogP contribution is 2.25. The van der Waals surface area contributed by atoms with Crippen LogP contribution in [-0.4, -0.2) is 25.0 Å². The molecule has 176 valence electrons. The number of non-ortho nitro benzene ring substituents is 1. The molecule has 0 fully saturated rings. The number of fused-ring (bicyclic) bond motifs is 2. The number of nitrogens with zero attached hydrogens (tertiary/aromatic N) is 4. The molecule has 0 bridgehead atoms. The quantitative estimate of drug-likeness (QED) is 0.147. The molecule has 0 atom stereocenters. The van der Waals surface area contributed by atoms with E-state index >= 15 is 0 Å². The van der Waals surface area contributed by atoms with Gasteiger partial charge in [0.15, 0.2) is 7.91 Å². The summed E-state index contributed by atoms with van der Waals surface area (Å²) in [5.74, 6) is -0.467. The third-order valence-electron chi connectivity index (χ3n) is 5.35. The number of nitro benzene ring substituents is 1. The van der Waals surface area contributed by atoms with Gasteiger partial charge in [0.25, 0.3) is 11.6 Å². The van der Waals surface area contributed by atoms with Gasteiger partial charge in [-0.05, 0) is 54.8 Å². The maximum absolute atomic E-state index is 13.1. The summed E-state index contributed by atoms with van der Waals surface area (Å²) in [7, 11) is 0. The first-order valence-corrected chi connectivity index (χ1v) is 12.8. The highest BCUT2D eigenvalue weighted by Gasteiger charge is 2.18. The average molecular weight is 540 g/mol. The van der Waals surface area contributed by atoms with Crippen molar-refractivity contribution in [1.82, 2.24) is 19.6 Å². The molecule has 0 aliphatic carbocycles. The summed E-state index contributed by atoms with van der Waals surface area (Å²) in [4.78, 5) is 23.8. The van der Waals surface area contributed by atoms with Crippen LogP contribution in [0.25, 0.3) is 20.4 Å². The van der Waals surface area contributed by atoms with Gasteiger partial charge >= 0.3 is 0 Å². The van der Waals surface area contributed by atoms with E-state index in [0.29, 0.717) is 7.91 Å². The van der Waals surface area contributed by atoms with Gasteiger partial charge in [-0.25, -0.2) is 0 Å². The van der Waals surface area contributed by atoms with Crippen LogP contribution >= 0.6 is 47.1 Å². The van der Waals surface area contributed by atoms with Gasteiger partial charge in [0.05, 0.1) is 38.7 Å². The largest absolute Gasteiger partial charge is 0.308 e. The first-order valence-electron chi connectivity index (χ1n) is 10.4. The van der Waals surface area contributed by atoms with Crippen molar-refractivity contribution in [2.24, 2.45) is 0 Å². The van der Waals surface area contributed by atoms with Crippen molar-refractivity contribution in [3.63, 3.8) is 0 Å². The summed E-state index contributed by atoms with van der Waals surface area (Å²) in [5.41, 5.74) is 4.85. The Balaban J connectivity index is 1.52. The van der Waals surface area contributed by atoms with E-state index in [0.717, 1.165) is 20.4 Å². The first-order chi connectivity index (χ1) is 16.9. The third kappa shape index (κ3) is 4.79. The van der Waals surface area contributed by atoms with E-state index in [1.165, 1.54) is 46.9 Å². The van der Waals surface area contributed by atoms with Crippen molar-refractivity contribution in [3.8, 4) is 0 Å². The Labute approximate surface area is 217 Å². The number of nitrogens with one attached hydrogen (secondary N) is 1. The van der Waals surface area contributed by atoms with Gasteiger partial charge in [-0.2, -0.15) is 5.01 Å². The lowest BCUT2D eigenvalue weighted by atomic mass is 10.2. The molecule has 0 spiro atoms. The zero-order valence-electron chi connectivity index (χ0n) is 18.0. The molecule has 3 aromatic carbocycles. The van der Waals surface area contributed by atoms with E-state index in [1.54, 1.807) is 5.01 Å². The Morgan fingerprint density at radius 1 is 0.886 bits per heavy atom. The van der Waals surface area contributed by atoms with Crippen LogP contribution in [0.3, 0.4) is 0 Å². The summed E-state index contributed by atoms with van der Waals surface area (Å²) in [6, 6.07) is 21.4. The van der Waals surface area contributed by atoms with E-state index in [9.17, 15) is 14.9 Å². The third-order valence-corrected chi connectivity index (χ3v) is 8.21. The molecular weight excluding hydrogens is 523 g/mol. The second kappa shape index (κ2) is 9.76. The molecule has 0 saturated heterocycles. The van der Waals surface area contributed by atoms with Gasteiger partial charge in [-0.15, -0.1) is 22.7 Å². The maximum atomic E-state index is 13.1. The molecule has 2 heterocycles. The second-order valence-electron chi connectivity index (χ2n) is 7.60. The van der Waals surface area contributed by atoms with E-state index < -0.39 is 10.8 Å². The molecular formula is C23H17N5O3S4. The van der Waals surface area contributed by atoms with Crippen LogP contribution < -0.4 is 5.43 Å². The molecule has 5 rings (SSSR count). The Morgan fingerprint density at radius 3 is 1.97 bits per heavy atom. The van der Waals surface area contributed by atoms with Crippen molar-refractivity contribution in [1.29, 1.82) is 0 Å². The fourth-order valence-electron chi connectivity index (χ4n) is 3.72. The van der Waals surface area contributed by atoms with Gasteiger partial charge in [-0.3, -0.25) is 20.3 Å². The number of aromatic nitrogens is 2. The zero-order chi connectivity index (χ0) is 24.5. The molecule has 12 heteroatoms. The topological polar surface area (TPSA) is 85.3 Å². The molecule has 1 N–H and O–H groups in total. The highest BCUT2D eigenvalue weighted by molar-refractivity contribution is 7.74. The van der Waals surface area contributed by atoms with Gasteiger partial charge < -0.3 is 9.13 Å². The number of carbonyl (C=O) groups is 1. The molecule has 0 unspecified atom stereocenters. The number of rotatable bonds is 7. The summed E-state index contributed by atoms with van der Waals surface area (Å²) < 4.78 is 7.31. The van der Waals surface area contributed by atoms with Crippen molar-refractivity contribution in [3.05, 3.63) is 96.4 Å². The Morgan fingerprint density at radius 2 is 1.43 bits per heavy atom. The highest BCUT2D eigenvalue weighted by atomic mass is 32.2. The average Bonchev–Trinajstić information content (AvgIpc) is 3.34. The molecule has 5 aromatic rings.